The van der Waals surface area contributed by atoms with Gasteiger partial charge in [-0.25, -0.2) is 4.98 Å². The number of fused-ring (bicyclic) bond motifs is 2. The van der Waals surface area contributed by atoms with E-state index in [2.05, 4.69) is 16.8 Å². The number of amides is 1. The summed E-state index contributed by atoms with van der Waals surface area (Å²) in [6.45, 7) is 1.97. The minimum absolute atomic E-state index is 0.0152. The smallest absolute Gasteiger partial charge is 0.223 e. The molecule has 2 bridgehead atoms. The summed E-state index contributed by atoms with van der Waals surface area (Å²) < 4.78 is 0. The molecular formula is C17H20N2O. The maximum atomic E-state index is 11.8. The van der Waals surface area contributed by atoms with Gasteiger partial charge in [-0.2, -0.15) is 0 Å². The average Bonchev–Trinajstić information content (AvgIpc) is 2.70. The van der Waals surface area contributed by atoms with E-state index in [4.69, 9.17) is 5.73 Å². The summed E-state index contributed by atoms with van der Waals surface area (Å²) in [7, 11) is 0. The number of hydrogen-bond acceptors (Lipinski definition) is 2. The molecule has 2 saturated carbocycles. The number of primary amides is 1. The van der Waals surface area contributed by atoms with Crippen LogP contribution in [0.3, 0.4) is 0 Å². The van der Waals surface area contributed by atoms with Crippen LogP contribution in [-0.4, -0.2) is 10.9 Å². The van der Waals surface area contributed by atoms with E-state index in [0.29, 0.717) is 0 Å². The maximum absolute atomic E-state index is 11.8. The van der Waals surface area contributed by atoms with Crippen LogP contribution in [0.25, 0.3) is 0 Å². The van der Waals surface area contributed by atoms with Crippen molar-refractivity contribution in [2.45, 2.75) is 45.4 Å². The summed E-state index contributed by atoms with van der Waals surface area (Å²) >= 11 is 0. The molecule has 1 heterocycles. The van der Waals surface area contributed by atoms with Gasteiger partial charge in [-0.1, -0.05) is 18.4 Å². The molecule has 1 aromatic rings. The lowest BCUT2D eigenvalue weighted by Gasteiger charge is -2.34. The molecule has 2 aliphatic carbocycles. The Kier molecular flexibility index (Phi) is 3.05. The van der Waals surface area contributed by atoms with E-state index in [0.717, 1.165) is 49.9 Å². The van der Waals surface area contributed by atoms with E-state index < -0.39 is 0 Å². The largest absolute Gasteiger partial charge is 0.369 e. The molecular weight excluding hydrogens is 248 g/mol. The van der Waals surface area contributed by atoms with Crippen molar-refractivity contribution in [1.82, 2.24) is 4.98 Å². The molecule has 3 rings (SSSR count). The molecule has 104 valence electrons. The van der Waals surface area contributed by atoms with Gasteiger partial charge in [-0.15, -0.1) is 0 Å². The number of pyridine rings is 1. The van der Waals surface area contributed by atoms with E-state index in [-0.39, 0.29) is 16.7 Å². The van der Waals surface area contributed by atoms with Gasteiger partial charge in [-0.05, 0) is 57.1 Å². The van der Waals surface area contributed by atoms with E-state index in [1.165, 1.54) is 0 Å². The number of nitrogens with zero attached hydrogens (tertiary/aromatic N) is 1. The average molecular weight is 268 g/mol. The van der Waals surface area contributed by atoms with Crippen molar-refractivity contribution in [3.8, 4) is 11.8 Å². The van der Waals surface area contributed by atoms with E-state index in [1.807, 2.05) is 25.1 Å². The molecule has 0 aromatic carbocycles. The van der Waals surface area contributed by atoms with Gasteiger partial charge in [0.15, 0.2) is 0 Å². The molecule has 20 heavy (non-hydrogen) atoms. The van der Waals surface area contributed by atoms with Crippen LogP contribution in [0.1, 0.15) is 49.9 Å². The summed E-state index contributed by atoms with van der Waals surface area (Å²) in [6, 6.07) is 5.89. The molecule has 2 fully saturated rings. The predicted molar refractivity (Wildman–Crippen MR) is 77.6 cm³/mol. The number of carbonyl (C=O) groups excluding carboxylic acids is 1. The molecule has 0 radical (unpaired) electrons. The quantitative estimate of drug-likeness (QED) is 0.796. The first-order valence-corrected chi connectivity index (χ1v) is 7.31. The van der Waals surface area contributed by atoms with Crippen molar-refractivity contribution in [3.63, 3.8) is 0 Å². The van der Waals surface area contributed by atoms with Gasteiger partial charge in [0.25, 0.3) is 0 Å². The zero-order valence-corrected chi connectivity index (χ0v) is 11.9. The van der Waals surface area contributed by atoms with Crippen LogP contribution in [0.4, 0.5) is 0 Å². The topological polar surface area (TPSA) is 56.0 Å². The van der Waals surface area contributed by atoms with Crippen LogP contribution in [0.2, 0.25) is 0 Å². The van der Waals surface area contributed by atoms with E-state index in [1.54, 1.807) is 0 Å². The second kappa shape index (κ2) is 4.63. The monoisotopic (exact) mass is 268 g/mol. The molecule has 0 spiro atoms. The summed E-state index contributed by atoms with van der Waals surface area (Å²) in [5, 5.41) is 0. The first-order valence-electron chi connectivity index (χ1n) is 7.31. The van der Waals surface area contributed by atoms with Crippen molar-refractivity contribution >= 4 is 5.91 Å². The van der Waals surface area contributed by atoms with Gasteiger partial charge < -0.3 is 5.73 Å². The van der Waals surface area contributed by atoms with Crippen LogP contribution in [0.5, 0.6) is 0 Å². The number of hydrogen-bond donors (Lipinski definition) is 1. The van der Waals surface area contributed by atoms with Crippen LogP contribution in [-0.2, 0) is 4.79 Å². The van der Waals surface area contributed by atoms with Gasteiger partial charge in [0.05, 0.1) is 5.41 Å². The lowest BCUT2D eigenvalue weighted by molar-refractivity contribution is -0.129. The first kappa shape index (κ1) is 13.2. The summed E-state index contributed by atoms with van der Waals surface area (Å²) in [4.78, 5) is 16.2. The van der Waals surface area contributed by atoms with E-state index >= 15 is 0 Å². The second-order valence-corrected chi connectivity index (χ2v) is 6.37. The highest BCUT2D eigenvalue weighted by Crippen LogP contribution is 2.58. The Balaban J connectivity index is 1.87. The summed E-state index contributed by atoms with van der Waals surface area (Å²) in [5.74, 6) is 6.52. The lowest BCUT2D eigenvalue weighted by atomic mass is 9.69. The van der Waals surface area contributed by atoms with Crippen LogP contribution in [0, 0.1) is 29.6 Å². The number of aromatic nitrogens is 1. The summed E-state index contributed by atoms with van der Waals surface area (Å²) in [5.41, 5.74) is 7.13. The zero-order valence-electron chi connectivity index (χ0n) is 11.9. The molecule has 3 heteroatoms. The Bertz CT molecular complexity index is 613. The highest BCUT2D eigenvalue weighted by molar-refractivity contribution is 5.81. The Hall–Kier alpha value is -1.82. The molecule has 2 aliphatic rings. The second-order valence-electron chi connectivity index (χ2n) is 6.37. The number of carbonyl (C=O) groups is 1. The standard InChI is InChI=1S/C17H20N2O/c1-13-4-2-5-14(19-13)6-9-16-7-3-8-17(12-16,11-10-16)15(18)20/h2,4-5H,3,7-8,10-12H2,1H3,(H2,18,20). The Morgan fingerprint density at radius 3 is 2.90 bits per heavy atom. The first-order chi connectivity index (χ1) is 9.54. The van der Waals surface area contributed by atoms with Crippen molar-refractivity contribution in [3.05, 3.63) is 29.6 Å². The molecule has 1 aromatic heterocycles. The van der Waals surface area contributed by atoms with E-state index in [9.17, 15) is 4.79 Å². The minimum atomic E-state index is -0.285. The molecule has 1 amide bonds. The Morgan fingerprint density at radius 2 is 2.15 bits per heavy atom. The lowest BCUT2D eigenvalue weighted by Crippen LogP contribution is -2.38. The van der Waals surface area contributed by atoms with Crippen LogP contribution in [0.15, 0.2) is 18.2 Å². The van der Waals surface area contributed by atoms with Crippen LogP contribution < -0.4 is 5.73 Å². The summed E-state index contributed by atoms with van der Waals surface area (Å²) in [6.07, 6.45) is 5.81. The molecule has 0 saturated heterocycles. The third-order valence-corrected chi connectivity index (χ3v) is 4.94. The molecule has 2 unspecified atom stereocenters. The van der Waals surface area contributed by atoms with Gasteiger partial charge in [0.2, 0.25) is 5.91 Å². The molecule has 2 N–H and O–H groups in total. The Labute approximate surface area is 120 Å². The third-order valence-electron chi connectivity index (χ3n) is 4.94. The van der Waals surface area contributed by atoms with Crippen LogP contribution >= 0.6 is 0 Å². The fourth-order valence-electron chi connectivity index (χ4n) is 3.81. The van der Waals surface area contributed by atoms with Gasteiger partial charge in [0.1, 0.15) is 5.69 Å². The molecule has 3 nitrogen and oxygen atoms in total. The fourth-order valence-corrected chi connectivity index (χ4v) is 3.81. The predicted octanol–water partition coefficient (Wildman–Crippen LogP) is 2.57. The molecule has 0 aliphatic heterocycles. The highest BCUT2D eigenvalue weighted by atomic mass is 16.1. The van der Waals surface area contributed by atoms with Crippen molar-refractivity contribution in [2.75, 3.05) is 0 Å². The number of rotatable bonds is 1. The zero-order chi connectivity index (χ0) is 14.2. The van der Waals surface area contributed by atoms with Crippen molar-refractivity contribution < 1.29 is 4.79 Å². The van der Waals surface area contributed by atoms with Crippen molar-refractivity contribution in [2.24, 2.45) is 16.6 Å². The van der Waals surface area contributed by atoms with Gasteiger partial charge >= 0.3 is 0 Å². The van der Waals surface area contributed by atoms with Crippen molar-refractivity contribution in [1.29, 1.82) is 0 Å². The number of aryl methyl sites for hydroxylation is 1. The molecule has 2 atom stereocenters. The Morgan fingerprint density at radius 1 is 1.30 bits per heavy atom. The normalized spacial score (nSPS) is 31.4. The maximum Gasteiger partial charge on any atom is 0.223 e. The SMILES string of the molecule is Cc1cccc(C#CC23CCCC(C(N)=O)(CC2)C3)n1. The van der Waals surface area contributed by atoms with Gasteiger partial charge in [0, 0.05) is 11.1 Å². The highest BCUT2D eigenvalue weighted by Gasteiger charge is 2.53. The van der Waals surface area contributed by atoms with Gasteiger partial charge in [-0.3, -0.25) is 4.79 Å². The minimum Gasteiger partial charge on any atom is -0.369 e. The number of nitrogens with two attached hydrogens (primary N) is 1. The fraction of sp³-hybridized carbons (Fsp3) is 0.529. The third kappa shape index (κ3) is 2.20.